The molecule has 4 heterocycles. The minimum atomic E-state index is -1.09. The van der Waals surface area contributed by atoms with Gasteiger partial charge in [0.25, 0.3) is 0 Å². The van der Waals surface area contributed by atoms with Crippen LogP contribution < -0.4 is 0 Å². The van der Waals surface area contributed by atoms with Crippen LogP contribution in [0.15, 0.2) is 97.6 Å². The molecule has 0 unspecified atom stereocenters. The summed E-state index contributed by atoms with van der Waals surface area (Å²) < 4.78 is 0. The van der Waals surface area contributed by atoms with E-state index in [1.807, 2.05) is 72.8 Å². The quantitative estimate of drug-likeness (QED) is 0.157. The van der Waals surface area contributed by atoms with Crippen molar-refractivity contribution in [2.24, 2.45) is 0 Å². The molecular formula is C26H22N4O6. The largest absolute Gasteiger partial charge is 0.502 e. The molecule has 1 aromatic carbocycles. The first-order valence-corrected chi connectivity index (χ1v) is 10.4. The molecule has 0 amide bonds. The molecule has 182 valence electrons. The Bertz CT molecular complexity index is 1120. The van der Waals surface area contributed by atoms with Crippen molar-refractivity contribution < 1.29 is 30.6 Å². The SMILES string of the molecule is Oc1c(O)c(O)c(O)c(O)c1O.c1ccc(-c2ccccn2)nc1.c1ccc(-c2ccccn2)nc1. The van der Waals surface area contributed by atoms with E-state index in [2.05, 4.69) is 19.9 Å². The van der Waals surface area contributed by atoms with Gasteiger partial charge in [0.1, 0.15) is 0 Å². The third kappa shape index (κ3) is 6.35. The molecule has 10 heteroatoms. The Labute approximate surface area is 205 Å². The lowest BCUT2D eigenvalue weighted by atomic mass is 10.2. The monoisotopic (exact) mass is 486 g/mol. The number of aromatic hydroxyl groups is 6. The molecule has 0 radical (unpaired) electrons. The predicted molar refractivity (Wildman–Crippen MR) is 131 cm³/mol. The Kier molecular flexibility index (Phi) is 8.55. The zero-order valence-corrected chi connectivity index (χ0v) is 18.7. The van der Waals surface area contributed by atoms with Crippen LogP contribution in [0.2, 0.25) is 0 Å². The second-order valence-electron chi connectivity index (χ2n) is 6.95. The summed E-state index contributed by atoms with van der Waals surface area (Å²) in [4.78, 5) is 16.7. The Morgan fingerprint density at radius 3 is 0.639 bits per heavy atom. The topological polar surface area (TPSA) is 173 Å². The second kappa shape index (κ2) is 12.2. The van der Waals surface area contributed by atoms with Crippen molar-refractivity contribution in [3.63, 3.8) is 0 Å². The highest BCUT2D eigenvalue weighted by molar-refractivity contribution is 5.70. The number of hydrogen-bond donors (Lipinski definition) is 6. The van der Waals surface area contributed by atoms with E-state index in [1.54, 1.807) is 24.8 Å². The van der Waals surface area contributed by atoms with Gasteiger partial charge in [0, 0.05) is 24.8 Å². The zero-order chi connectivity index (χ0) is 25.9. The molecule has 0 saturated carbocycles. The number of phenols is 6. The normalized spacial score (nSPS) is 9.78. The minimum Gasteiger partial charge on any atom is -0.502 e. The van der Waals surface area contributed by atoms with Gasteiger partial charge in [0.15, 0.2) is 0 Å². The molecule has 0 aliphatic heterocycles. The number of nitrogens with zero attached hydrogens (tertiary/aromatic N) is 4. The Morgan fingerprint density at radius 1 is 0.306 bits per heavy atom. The van der Waals surface area contributed by atoms with Crippen molar-refractivity contribution in [3.05, 3.63) is 97.6 Å². The average Bonchev–Trinajstić information content (AvgIpc) is 2.96. The van der Waals surface area contributed by atoms with E-state index in [9.17, 15) is 0 Å². The summed E-state index contributed by atoms with van der Waals surface area (Å²) in [5, 5.41) is 52.6. The highest BCUT2D eigenvalue weighted by Gasteiger charge is 2.22. The lowest BCUT2D eigenvalue weighted by Gasteiger charge is -2.06. The van der Waals surface area contributed by atoms with Gasteiger partial charge in [-0.05, 0) is 48.5 Å². The molecule has 6 N–H and O–H groups in total. The number of hydrogen-bond acceptors (Lipinski definition) is 10. The molecule has 0 bridgehead atoms. The van der Waals surface area contributed by atoms with Crippen molar-refractivity contribution in [2.45, 2.75) is 0 Å². The van der Waals surface area contributed by atoms with Gasteiger partial charge in [-0.25, -0.2) is 0 Å². The van der Waals surface area contributed by atoms with Crippen LogP contribution in [0.25, 0.3) is 22.8 Å². The fraction of sp³-hybridized carbons (Fsp3) is 0. The number of pyridine rings is 4. The summed E-state index contributed by atoms with van der Waals surface area (Å²) >= 11 is 0. The standard InChI is InChI=1S/2C10H8N2.C6H6O6/c2*1-3-7-11-9(5-1)10-6-2-4-8-12-10;7-1-2(8)4(10)6(12)5(11)3(1)9/h2*1-8H;7-12H. The second-order valence-corrected chi connectivity index (χ2v) is 6.95. The number of aromatic nitrogens is 4. The highest BCUT2D eigenvalue weighted by Crippen LogP contribution is 2.54. The van der Waals surface area contributed by atoms with E-state index < -0.39 is 34.5 Å². The van der Waals surface area contributed by atoms with Crippen LogP contribution in [-0.4, -0.2) is 50.6 Å². The molecule has 36 heavy (non-hydrogen) atoms. The highest BCUT2D eigenvalue weighted by atomic mass is 16.4. The lowest BCUT2D eigenvalue weighted by Crippen LogP contribution is -1.83. The Morgan fingerprint density at radius 2 is 0.500 bits per heavy atom. The zero-order valence-electron chi connectivity index (χ0n) is 18.7. The van der Waals surface area contributed by atoms with Gasteiger partial charge >= 0.3 is 0 Å². The van der Waals surface area contributed by atoms with Crippen LogP contribution >= 0.6 is 0 Å². The van der Waals surface area contributed by atoms with Gasteiger partial charge in [-0.2, -0.15) is 0 Å². The molecule has 0 atom stereocenters. The molecular weight excluding hydrogens is 464 g/mol. The summed E-state index contributed by atoms with van der Waals surface area (Å²) in [7, 11) is 0. The lowest BCUT2D eigenvalue weighted by molar-refractivity contribution is 0.303. The Hall–Kier alpha value is -5.38. The van der Waals surface area contributed by atoms with Gasteiger partial charge in [0.2, 0.25) is 34.5 Å². The van der Waals surface area contributed by atoms with Crippen LogP contribution in [-0.2, 0) is 0 Å². The maximum atomic E-state index is 8.76. The number of phenolic OH excluding ortho intramolecular Hbond substituents is 6. The van der Waals surface area contributed by atoms with E-state index in [0.717, 1.165) is 22.8 Å². The van der Waals surface area contributed by atoms with Crippen molar-refractivity contribution in [3.8, 4) is 57.3 Å². The van der Waals surface area contributed by atoms with E-state index >= 15 is 0 Å². The fourth-order valence-corrected chi connectivity index (χ4v) is 2.73. The molecule has 4 aromatic heterocycles. The van der Waals surface area contributed by atoms with Gasteiger partial charge < -0.3 is 30.6 Å². The molecule has 0 aliphatic rings. The van der Waals surface area contributed by atoms with Crippen LogP contribution in [0, 0.1) is 0 Å². The van der Waals surface area contributed by atoms with Gasteiger partial charge in [-0.1, -0.05) is 24.3 Å². The molecule has 0 fully saturated rings. The first-order valence-electron chi connectivity index (χ1n) is 10.4. The summed E-state index contributed by atoms with van der Waals surface area (Å²) in [5.41, 5.74) is 3.66. The third-order valence-corrected chi connectivity index (χ3v) is 4.53. The van der Waals surface area contributed by atoms with Gasteiger partial charge in [-0.15, -0.1) is 0 Å². The Balaban J connectivity index is 0.000000150. The molecule has 0 saturated heterocycles. The van der Waals surface area contributed by atoms with Crippen molar-refractivity contribution in [1.29, 1.82) is 0 Å². The number of benzene rings is 1. The molecule has 10 nitrogen and oxygen atoms in total. The van der Waals surface area contributed by atoms with Gasteiger partial charge in [0.05, 0.1) is 22.8 Å². The first kappa shape index (κ1) is 25.2. The van der Waals surface area contributed by atoms with Crippen molar-refractivity contribution >= 4 is 0 Å². The predicted octanol–water partition coefficient (Wildman–Crippen LogP) is 4.21. The maximum absolute atomic E-state index is 8.76. The molecule has 0 spiro atoms. The summed E-state index contributed by atoms with van der Waals surface area (Å²) in [6.07, 6.45) is 7.07. The number of rotatable bonds is 2. The van der Waals surface area contributed by atoms with Crippen molar-refractivity contribution in [1.82, 2.24) is 19.9 Å². The minimum absolute atomic E-state index is 0.915. The molecule has 5 rings (SSSR count). The van der Waals surface area contributed by atoms with E-state index in [-0.39, 0.29) is 0 Å². The van der Waals surface area contributed by atoms with E-state index in [4.69, 9.17) is 30.6 Å². The average molecular weight is 486 g/mol. The van der Waals surface area contributed by atoms with Crippen LogP contribution in [0.5, 0.6) is 34.5 Å². The van der Waals surface area contributed by atoms with Crippen LogP contribution in [0.4, 0.5) is 0 Å². The van der Waals surface area contributed by atoms with E-state index in [0.29, 0.717) is 0 Å². The fourth-order valence-electron chi connectivity index (χ4n) is 2.73. The first-order chi connectivity index (χ1) is 17.4. The van der Waals surface area contributed by atoms with E-state index in [1.165, 1.54) is 0 Å². The third-order valence-electron chi connectivity index (χ3n) is 4.53. The van der Waals surface area contributed by atoms with Crippen LogP contribution in [0.3, 0.4) is 0 Å². The summed E-state index contributed by atoms with van der Waals surface area (Å²) in [6.45, 7) is 0. The smallest absolute Gasteiger partial charge is 0.208 e. The van der Waals surface area contributed by atoms with Crippen LogP contribution in [0.1, 0.15) is 0 Å². The molecule has 0 aliphatic carbocycles. The van der Waals surface area contributed by atoms with Gasteiger partial charge in [-0.3, -0.25) is 19.9 Å². The summed E-state index contributed by atoms with van der Waals surface area (Å²) in [5.74, 6) is -6.57. The summed E-state index contributed by atoms with van der Waals surface area (Å²) in [6, 6.07) is 23.2. The maximum Gasteiger partial charge on any atom is 0.208 e. The molecule has 5 aromatic rings. The van der Waals surface area contributed by atoms with Crippen molar-refractivity contribution in [2.75, 3.05) is 0 Å².